The van der Waals surface area contributed by atoms with Gasteiger partial charge in [-0.25, -0.2) is 0 Å². The molecule has 1 aliphatic heterocycles. The first-order chi connectivity index (χ1) is 7.16. The Labute approximate surface area is 96.4 Å². The molecule has 0 aliphatic carbocycles. The number of nitrogens with zero attached hydrogens (tertiary/aromatic N) is 1. The van der Waals surface area contributed by atoms with Crippen molar-refractivity contribution < 1.29 is 0 Å². The summed E-state index contributed by atoms with van der Waals surface area (Å²) >= 11 is 5.87. The fourth-order valence-electron chi connectivity index (χ4n) is 1.93. The van der Waals surface area contributed by atoms with E-state index in [9.17, 15) is 0 Å². The highest BCUT2D eigenvalue weighted by Gasteiger charge is 2.14. The molecule has 0 N–H and O–H groups in total. The summed E-state index contributed by atoms with van der Waals surface area (Å²) in [7, 11) is 2.14. The molecule has 0 fully saturated rings. The molecule has 2 rings (SSSR count). The molecule has 2 heteroatoms. The van der Waals surface area contributed by atoms with Gasteiger partial charge in [-0.3, -0.25) is 0 Å². The van der Waals surface area contributed by atoms with Crippen LogP contribution in [0.4, 0.5) is 5.69 Å². The fourth-order valence-corrected chi connectivity index (χ4v) is 2.01. The molecular weight excluding hydrogens is 206 g/mol. The monoisotopic (exact) mass is 221 g/mol. The number of halogens is 1. The molecular formula is C13H16ClN. The molecule has 1 aliphatic rings. The van der Waals surface area contributed by atoms with Crippen molar-refractivity contribution in [3.05, 3.63) is 35.4 Å². The molecule has 1 aromatic carbocycles. The lowest BCUT2D eigenvalue weighted by molar-refractivity contribution is 0.956. The molecule has 0 spiro atoms. The second kappa shape index (κ2) is 4.28. The average molecular weight is 222 g/mol. The summed E-state index contributed by atoms with van der Waals surface area (Å²) in [5.74, 6) is 0. The third-order valence-electron chi connectivity index (χ3n) is 2.79. The van der Waals surface area contributed by atoms with E-state index >= 15 is 0 Å². The predicted octanol–water partition coefficient (Wildman–Crippen LogP) is 3.32. The summed E-state index contributed by atoms with van der Waals surface area (Å²) < 4.78 is 0. The van der Waals surface area contributed by atoms with E-state index < -0.39 is 0 Å². The molecule has 15 heavy (non-hydrogen) atoms. The number of benzene rings is 1. The lowest BCUT2D eigenvalue weighted by Gasteiger charge is -2.11. The Hall–Kier alpha value is -0.950. The van der Waals surface area contributed by atoms with Crippen LogP contribution < -0.4 is 4.90 Å². The lowest BCUT2D eigenvalue weighted by Crippen LogP contribution is -2.12. The van der Waals surface area contributed by atoms with Crippen molar-refractivity contribution >= 4 is 23.4 Å². The summed E-state index contributed by atoms with van der Waals surface area (Å²) in [5.41, 5.74) is 4.06. The van der Waals surface area contributed by atoms with Gasteiger partial charge in [0, 0.05) is 24.7 Å². The Morgan fingerprint density at radius 3 is 3.00 bits per heavy atom. The first kappa shape index (κ1) is 10.6. The minimum absolute atomic E-state index is 0.0981. The van der Waals surface area contributed by atoms with Crippen LogP contribution in [0.3, 0.4) is 0 Å². The number of likely N-dealkylation sites (N-methyl/N-ethyl adjacent to an activating group) is 1. The summed E-state index contributed by atoms with van der Waals surface area (Å²) in [6.07, 6.45) is 5.27. The van der Waals surface area contributed by atoms with Crippen molar-refractivity contribution in [1.82, 2.24) is 0 Å². The lowest BCUT2D eigenvalue weighted by atomic mass is 10.1. The highest BCUT2D eigenvalue weighted by molar-refractivity contribution is 6.21. The molecule has 0 saturated heterocycles. The maximum Gasteiger partial charge on any atom is 0.0491 e. The molecule has 1 atom stereocenters. The first-order valence-corrected chi connectivity index (χ1v) is 5.77. The van der Waals surface area contributed by atoms with Crippen molar-refractivity contribution in [3.8, 4) is 0 Å². The Morgan fingerprint density at radius 2 is 2.27 bits per heavy atom. The highest BCUT2D eigenvalue weighted by atomic mass is 35.5. The quantitative estimate of drug-likeness (QED) is 0.693. The molecule has 1 unspecified atom stereocenters. The van der Waals surface area contributed by atoms with Crippen LogP contribution in [-0.2, 0) is 6.42 Å². The zero-order valence-electron chi connectivity index (χ0n) is 9.20. The molecule has 80 valence electrons. The number of fused-ring (bicyclic) bond motifs is 1. The smallest absolute Gasteiger partial charge is 0.0491 e. The van der Waals surface area contributed by atoms with Crippen molar-refractivity contribution in [2.24, 2.45) is 0 Å². The van der Waals surface area contributed by atoms with Crippen molar-refractivity contribution in [3.63, 3.8) is 0 Å². The van der Waals surface area contributed by atoms with E-state index in [4.69, 9.17) is 11.6 Å². The van der Waals surface area contributed by atoms with Gasteiger partial charge >= 0.3 is 0 Å². The minimum atomic E-state index is 0.0981. The van der Waals surface area contributed by atoms with Gasteiger partial charge in [-0.1, -0.05) is 18.2 Å². The zero-order valence-corrected chi connectivity index (χ0v) is 9.96. The summed E-state index contributed by atoms with van der Waals surface area (Å²) in [5, 5.41) is 0.0981. The Kier molecular flexibility index (Phi) is 3.01. The third-order valence-corrected chi connectivity index (χ3v) is 2.93. The highest BCUT2D eigenvalue weighted by Crippen LogP contribution is 2.27. The topological polar surface area (TPSA) is 3.24 Å². The summed E-state index contributed by atoms with van der Waals surface area (Å²) in [4.78, 5) is 2.30. The maximum absolute atomic E-state index is 5.87. The molecule has 0 radical (unpaired) electrons. The molecule has 0 aromatic heterocycles. The summed E-state index contributed by atoms with van der Waals surface area (Å²) in [6.45, 7) is 3.10. The van der Waals surface area contributed by atoms with E-state index in [-0.39, 0.29) is 5.38 Å². The van der Waals surface area contributed by atoms with Gasteiger partial charge in [0.05, 0.1) is 0 Å². The van der Waals surface area contributed by atoms with Crippen molar-refractivity contribution in [1.29, 1.82) is 0 Å². The van der Waals surface area contributed by atoms with Gasteiger partial charge < -0.3 is 4.90 Å². The SMILES string of the molecule is CC(Cl)/C=C/c1ccc2c(c1)CCN2C. The Morgan fingerprint density at radius 1 is 1.47 bits per heavy atom. The second-order valence-electron chi connectivity index (χ2n) is 4.10. The number of alkyl halides is 1. The predicted molar refractivity (Wildman–Crippen MR) is 67.8 cm³/mol. The first-order valence-electron chi connectivity index (χ1n) is 5.33. The van der Waals surface area contributed by atoms with Crippen LogP contribution in [0, 0.1) is 0 Å². The standard InChI is InChI=1S/C13H16ClN/c1-10(14)3-4-11-5-6-13-12(9-11)7-8-15(13)2/h3-6,9-10H,7-8H2,1-2H3/b4-3+. The van der Waals surface area contributed by atoms with Crippen molar-refractivity contribution in [2.45, 2.75) is 18.7 Å². The average Bonchev–Trinajstić information content (AvgIpc) is 2.57. The molecule has 0 saturated carbocycles. The van der Waals surface area contributed by atoms with Gasteiger partial charge in [-0.2, -0.15) is 0 Å². The number of hydrogen-bond donors (Lipinski definition) is 0. The zero-order chi connectivity index (χ0) is 10.8. The molecule has 0 amide bonds. The van der Waals surface area contributed by atoms with Crippen LogP contribution in [0.5, 0.6) is 0 Å². The summed E-state index contributed by atoms with van der Waals surface area (Å²) in [6, 6.07) is 6.60. The third kappa shape index (κ3) is 2.35. The molecule has 0 bridgehead atoms. The van der Waals surface area contributed by atoms with Gasteiger partial charge in [0.1, 0.15) is 0 Å². The molecule has 1 nitrogen and oxygen atoms in total. The number of allylic oxidation sites excluding steroid dienone is 1. The van der Waals surface area contributed by atoms with Crippen LogP contribution in [0.2, 0.25) is 0 Å². The number of anilines is 1. The number of rotatable bonds is 2. The maximum atomic E-state index is 5.87. The van der Waals surface area contributed by atoms with Crippen molar-refractivity contribution in [2.75, 3.05) is 18.5 Å². The second-order valence-corrected chi connectivity index (χ2v) is 4.78. The van der Waals surface area contributed by atoms with E-state index in [1.165, 1.54) is 16.8 Å². The van der Waals surface area contributed by atoms with Gasteiger partial charge in [0.15, 0.2) is 0 Å². The van der Waals surface area contributed by atoms with Gasteiger partial charge in [0.2, 0.25) is 0 Å². The van der Waals surface area contributed by atoms with Gasteiger partial charge in [-0.15, -0.1) is 11.6 Å². The van der Waals surface area contributed by atoms with Gasteiger partial charge in [0.25, 0.3) is 0 Å². The van der Waals surface area contributed by atoms with Crippen LogP contribution in [-0.4, -0.2) is 19.0 Å². The van der Waals surface area contributed by atoms with Crippen LogP contribution >= 0.6 is 11.6 Å². The largest absolute Gasteiger partial charge is 0.374 e. The Bertz CT molecular complexity index is 382. The van der Waals surface area contributed by atoms with Crippen LogP contribution in [0.15, 0.2) is 24.3 Å². The van der Waals surface area contributed by atoms with Crippen LogP contribution in [0.1, 0.15) is 18.1 Å². The van der Waals surface area contributed by atoms with E-state index in [1.54, 1.807) is 0 Å². The normalized spacial score (nSPS) is 17.1. The van der Waals surface area contributed by atoms with E-state index in [0.717, 1.165) is 13.0 Å². The van der Waals surface area contributed by atoms with Crippen LogP contribution in [0.25, 0.3) is 6.08 Å². The van der Waals surface area contributed by atoms with E-state index in [2.05, 4.69) is 36.2 Å². The molecule has 1 aromatic rings. The van der Waals surface area contributed by atoms with Gasteiger partial charge in [-0.05, 0) is 36.6 Å². The Balaban J connectivity index is 2.23. The van der Waals surface area contributed by atoms with E-state index in [0.29, 0.717) is 0 Å². The minimum Gasteiger partial charge on any atom is -0.374 e. The molecule has 1 heterocycles. The fraction of sp³-hybridized carbons (Fsp3) is 0.385. The number of hydrogen-bond acceptors (Lipinski definition) is 1. The van der Waals surface area contributed by atoms with E-state index in [1.807, 2.05) is 13.0 Å².